The molecule has 0 fully saturated rings. The third-order valence-corrected chi connectivity index (χ3v) is 2.45. The summed E-state index contributed by atoms with van der Waals surface area (Å²) in [5, 5.41) is 0. The van der Waals surface area contributed by atoms with Crippen molar-refractivity contribution >= 4 is 5.97 Å². The largest absolute Gasteiger partial charge is 0.459 e. The van der Waals surface area contributed by atoms with E-state index in [1.807, 2.05) is 30.3 Å². The molecule has 4 nitrogen and oxygen atoms in total. The van der Waals surface area contributed by atoms with Gasteiger partial charge in [0.15, 0.2) is 0 Å². The van der Waals surface area contributed by atoms with Crippen LogP contribution in [0.1, 0.15) is 26.3 Å². The van der Waals surface area contributed by atoms with E-state index in [0.717, 1.165) is 5.56 Å². The molecule has 0 bridgehead atoms. The van der Waals surface area contributed by atoms with E-state index in [1.165, 1.54) is 0 Å². The monoisotopic (exact) mass is 250 g/mol. The molecule has 4 heteroatoms. The first-order chi connectivity index (χ1) is 8.29. The van der Waals surface area contributed by atoms with Gasteiger partial charge in [0.05, 0.1) is 0 Å². The molecule has 1 aromatic rings. The van der Waals surface area contributed by atoms with Crippen molar-refractivity contribution in [1.82, 2.24) is 0 Å². The van der Waals surface area contributed by atoms with Crippen molar-refractivity contribution in [3.63, 3.8) is 0 Å². The lowest BCUT2D eigenvalue weighted by Gasteiger charge is -2.25. The number of esters is 1. The van der Waals surface area contributed by atoms with Crippen LogP contribution in [0.25, 0.3) is 0 Å². The number of carbonyl (C=O) groups is 1. The van der Waals surface area contributed by atoms with Crippen molar-refractivity contribution < 1.29 is 9.53 Å². The van der Waals surface area contributed by atoms with Crippen LogP contribution in [0, 0.1) is 0 Å². The maximum Gasteiger partial charge on any atom is 0.325 e. The highest BCUT2D eigenvalue weighted by molar-refractivity contribution is 5.76. The van der Waals surface area contributed by atoms with Crippen molar-refractivity contribution in [2.45, 2.75) is 44.9 Å². The molecule has 0 saturated heterocycles. The number of carbonyl (C=O) groups excluding carboxylic acids is 1. The molecule has 100 valence electrons. The second kappa shape index (κ2) is 5.98. The molecule has 18 heavy (non-hydrogen) atoms. The molecule has 1 rings (SSSR count). The van der Waals surface area contributed by atoms with Crippen LogP contribution in [0.2, 0.25) is 0 Å². The summed E-state index contributed by atoms with van der Waals surface area (Å²) in [5.41, 5.74) is 12.3. The van der Waals surface area contributed by atoms with Crippen molar-refractivity contribution in [2.75, 3.05) is 0 Å². The van der Waals surface area contributed by atoms with E-state index < -0.39 is 23.7 Å². The SMILES string of the molecule is CC(C)(C)OC(=O)C(N)C(N)Cc1ccccc1. The van der Waals surface area contributed by atoms with Crippen LogP contribution in [-0.2, 0) is 16.0 Å². The summed E-state index contributed by atoms with van der Waals surface area (Å²) in [4.78, 5) is 11.8. The maximum absolute atomic E-state index is 11.8. The zero-order valence-electron chi connectivity index (χ0n) is 11.2. The van der Waals surface area contributed by atoms with Gasteiger partial charge in [0.1, 0.15) is 11.6 Å². The molecule has 0 aliphatic heterocycles. The predicted octanol–water partition coefficient (Wildman–Crippen LogP) is 1.23. The smallest absolute Gasteiger partial charge is 0.325 e. The molecule has 4 N–H and O–H groups in total. The van der Waals surface area contributed by atoms with E-state index in [-0.39, 0.29) is 0 Å². The van der Waals surface area contributed by atoms with Gasteiger partial charge < -0.3 is 16.2 Å². The summed E-state index contributed by atoms with van der Waals surface area (Å²) < 4.78 is 5.21. The van der Waals surface area contributed by atoms with Crippen LogP contribution < -0.4 is 11.5 Å². The molecule has 1 aromatic carbocycles. The topological polar surface area (TPSA) is 78.3 Å². The number of ether oxygens (including phenoxy) is 1. The fourth-order valence-corrected chi connectivity index (χ4v) is 1.56. The second-order valence-electron chi connectivity index (χ2n) is 5.41. The molecule has 0 spiro atoms. The van der Waals surface area contributed by atoms with Crippen molar-refractivity contribution in [3.8, 4) is 0 Å². The lowest BCUT2D eigenvalue weighted by Crippen LogP contribution is -2.50. The van der Waals surface area contributed by atoms with Crippen molar-refractivity contribution in [3.05, 3.63) is 35.9 Å². The van der Waals surface area contributed by atoms with Gasteiger partial charge in [0.2, 0.25) is 0 Å². The Bertz CT molecular complexity index is 385. The van der Waals surface area contributed by atoms with Gasteiger partial charge in [0.25, 0.3) is 0 Å². The number of hydrogen-bond donors (Lipinski definition) is 2. The molecule has 0 aliphatic rings. The molecule has 2 atom stereocenters. The Morgan fingerprint density at radius 1 is 1.22 bits per heavy atom. The summed E-state index contributed by atoms with van der Waals surface area (Å²) in [6, 6.07) is 8.47. The van der Waals surface area contributed by atoms with Crippen LogP contribution in [0.4, 0.5) is 0 Å². The summed E-state index contributed by atoms with van der Waals surface area (Å²) >= 11 is 0. The number of hydrogen-bond acceptors (Lipinski definition) is 4. The maximum atomic E-state index is 11.8. The summed E-state index contributed by atoms with van der Waals surface area (Å²) in [6.45, 7) is 5.42. The summed E-state index contributed by atoms with van der Waals surface area (Å²) in [6.07, 6.45) is 0.557. The van der Waals surface area contributed by atoms with Gasteiger partial charge in [-0.1, -0.05) is 30.3 Å². The number of rotatable bonds is 4. The van der Waals surface area contributed by atoms with Gasteiger partial charge in [-0.25, -0.2) is 0 Å². The van der Waals surface area contributed by atoms with Gasteiger partial charge >= 0.3 is 5.97 Å². The van der Waals surface area contributed by atoms with Crippen LogP contribution in [-0.4, -0.2) is 23.7 Å². The first-order valence-corrected chi connectivity index (χ1v) is 6.07. The van der Waals surface area contributed by atoms with Crippen molar-refractivity contribution in [1.29, 1.82) is 0 Å². The van der Waals surface area contributed by atoms with Gasteiger partial charge in [0, 0.05) is 6.04 Å². The predicted molar refractivity (Wildman–Crippen MR) is 71.9 cm³/mol. The Hall–Kier alpha value is -1.39. The Morgan fingerprint density at radius 3 is 2.28 bits per heavy atom. The van der Waals surface area contributed by atoms with E-state index in [2.05, 4.69) is 0 Å². The Morgan fingerprint density at radius 2 is 1.78 bits per heavy atom. The standard InChI is InChI=1S/C14H22N2O2/c1-14(2,3)18-13(17)12(16)11(15)9-10-7-5-4-6-8-10/h4-8,11-12H,9,15-16H2,1-3H3. The van der Waals surface area contributed by atoms with E-state index in [0.29, 0.717) is 6.42 Å². The Labute approximate surface area is 108 Å². The Balaban J connectivity index is 2.56. The third kappa shape index (κ3) is 4.85. The van der Waals surface area contributed by atoms with Crippen LogP contribution in [0.3, 0.4) is 0 Å². The fraction of sp³-hybridized carbons (Fsp3) is 0.500. The molecule has 0 aliphatic carbocycles. The highest BCUT2D eigenvalue weighted by Crippen LogP contribution is 2.10. The quantitative estimate of drug-likeness (QED) is 0.788. The number of benzene rings is 1. The van der Waals surface area contributed by atoms with Gasteiger partial charge in [-0.2, -0.15) is 0 Å². The second-order valence-corrected chi connectivity index (χ2v) is 5.41. The molecule has 2 unspecified atom stereocenters. The molecule has 0 saturated carbocycles. The average Bonchev–Trinajstić information content (AvgIpc) is 2.27. The fourth-order valence-electron chi connectivity index (χ4n) is 1.56. The Kier molecular flexibility index (Phi) is 4.87. The first-order valence-electron chi connectivity index (χ1n) is 6.07. The van der Waals surface area contributed by atoms with E-state index in [9.17, 15) is 4.79 Å². The van der Waals surface area contributed by atoms with Crippen LogP contribution >= 0.6 is 0 Å². The zero-order chi connectivity index (χ0) is 13.8. The van der Waals surface area contributed by atoms with Gasteiger partial charge in [-0.05, 0) is 32.8 Å². The van der Waals surface area contributed by atoms with Gasteiger partial charge in [-0.15, -0.1) is 0 Å². The highest BCUT2D eigenvalue weighted by atomic mass is 16.6. The minimum absolute atomic E-state index is 0.442. The van der Waals surface area contributed by atoms with E-state index in [1.54, 1.807) is 20.8 Å². The summed E-state index contributed by atoms with van der Waals surface area (Å²) in [5.74, 6) is -0.453. The minimum atomic E-state index is -0.801. The lowest BCUT2D eigenvalue weighted by molar-refractivity contribution is -0.156. The highest BCUT2D eigenvalue weighted by Gasteiger charge is 2.26. The molecule has 0 heterocycles. The summed E-state index contributed by atoms with van der Waals surface area (Å²) in [7, 11) is 0. The third-order valence-electron chi connectivity index (χ3n) is 2.45. The van der Waals surface area contributed by atoms with E-state index >= 15 is 0 Å². The lowest BCUT2D eigenvalue weighted by atomic mass is 10.0. The molecular weight excluding hydrogens is 228 g/mol. The van der Waals surface area contributed by atoms with Gasteiger partial charge in [-0.3, -0.25) is 4.79 Å². The molecular formula is C14H22N2O2. The number of nitrogens with two attached hydrogens (primary N) is 2. The van der Waals surface area contributed by atoms with Crippen molar-refractivity contribution in [2.24, 2.45) is 11.5 Å². The molecule has 0 amide bonds. The average molecular weight is 250 g/mol. The van der Waals surface area contributed by atoms with E-state index in [4.69, 9.17) is 16.2 Å². The molecule has 0 aromatic heterocycles. The van der Waals surface area contributed by atoms with Crippen LogP contribution in [0.15, 0.2) is 30.3 Å². The van der Waals surface area contributed by atoms with Crippen LogP contribution in [0.5, 0.6) is 0 Å². The minimum Gasteiger partial charge on any atom is -0.459 e. The normalized spacial score (nSPS) is 14.9. The first kappa shape index (κ1) is 14.7. The molecule has 0 radical (unpaired) electrons. The zero-order valence-corrected chi connectivity index (χ0v) is 11.2.